The molecule has 4 heterocycles. The van der Waals surface area contributed by atoms with Crippen molar-refractivity contribution in [3.63, 3.8) is 0 Å². The number of piperidine rings is 1. The van der Waals surface area contributed by atoms with E-state index in [-0.39, 0.29) is 5.91 Å². The van der Waals surface area contributed by atoms with Crippen molar-refractivity contribution in [2.24, 2.45) is 5.92 Å². The molecule has 0 N–H and O–H groups in total. The molecule has 0 bridgehead atoms. The third-order valence-electron chi connectivity index (χ3n) is 7.50. The molecule has 1 saturated carbocycles. The van der Waals surface area contributed by atoms with Crippen LogP contribution in [-0.2, 0) is 0 Å². The van der Waals surface area contributed by atoms with E-state index in [4.69, 9.17) is 0 Å². The lowest BCUT2D eigenvalue weighted by molar-refractivity contribution is 0.0519. The fraction of sp³-hybridized carbons (Fsp3) is 0.667. The monoisotopic (exact) mass is 437 g/mol. The second kappa shape index (κ2) is 9.57. The van der Waals surface area contributed by atoms with Gasteiger partial charge >= 0.3 is 0 Å². The summed E-state index contributed by atoms with van der Waals surface area (Å²) in [7, 11) is 0. The van der Waals surface area contributed by atoms with Crippen molar-refractivity contribution in [1.82, 2.24) is 29.3 Å². The van der Waals surface area contributed by atoms with Crippen molar-refractivity contribution in [2.45, 2.75) is 57.9 Å². The zero-order valence-electron chi connectivity index (χ0n) is 19.2. The first-order valence-corrected chi connectivity index (χ1v) is 12.3. The summed E-state index contributed by atoms with van der Waals surface area (Å²) >= 11 is 0. The molecule has 2 aromatic heterocycles. The standard InChI is InChI=1S/C24H35N7O/c1-19-7-9-29(10-8-19)22-15-23(26-17-25-22)31-16-21(27-18-31)24(32)30-13-11-28(12-14-30)20-5-3-2-4-6-20/h15-20H,2-14H2,1H3. The predicted molar refractivity (Wildman–Crippen MR) is 124 cm³/mol. The second-order valence-corrected chi connectivity index (χ2v) is 9.69. The average Bonchev–Trinajstić information content (AvgIpc) is 3.35. The van der Waals surface area contributed by atoms with Gasteiger partial charge in [-0.2, -0.15) is 0 Å². The molecular weight excluding hydrogens is 402 g/mol. The zero-order valence-corrected chi connectivity index (χ0v) is 19.2. The van der Waals surface area contributed by atoms with Crippen LogP contribution in [0.3, 0.4) is 0 Å². The third kappa shape index (κ3) is 4.65. The number of carbonyl (C=O) groups is 1. The maximum absolute atomic E-state index is 13.1. The minimum atomic E-state index is 0.0198. The number of aromatic nitrogens is 4. The van der Waals surface area contributed by atoms with E-state index in [2.05, 4.69) is 31.7 Å². The van der Waals surface area contributed by atoms with Crippen molar-refractivity contribution >= 4 is 11.7 Å². The van der Waals surface area contributed by atoms with Gasteiger partial charge in [0.1, 0.15) is 30.0 Å². The zero-order chi connectivity index (χ0) is 21.9. The molecule has 3 fully saturated rings. The molecule has 0 aromatic carbocycles. The molecule has 0 radical (unpaired) electrons. The Kier molecular flexibility index (Phi) is 6.39. The summed E-state index contributed by atoms with van der Waals surface area (Å²) in [5.74, 6) is 2.50. The third-order valence-corrected chi connectivity index (χ3v) is 7.50. The minimum Gasteiger partial charge on any atom is -0.356 e. The first kappa shape index (κ1) is 21.4. The van der Waals surface area contributed by atoms with Gasteiger partial charge in [0.05, 0.1) is 0 Å². The van der Waals surface area contributed by atoms with E-state index in [9.17, 15) is 4.79 Å². The van der Waals surface area contributed by atoms with Crippen molar-refractivity contribution in [2.75, 3.05) is 44.2 Å². The molecule has 0 unspecified atom stereocenters. The van der Waals surface area contributed by atoms with Gasteiger partial charge < -0.3 is 9.80 Å². The molecule has 1 aliphatic carbocycles. The Hall–Kier alpha value is -2.48. The smallest absolute Gasteiger partial charge is 0.274 e. The van der Waals surface area contributed by atoms with Gasteiger partial charge in [-0.1, -0.05) is 26.2 Å². The van der Waals surface area contributed by atoms with Gasteiger partial charge in [-0.05, 0) is 31.6 Å². The molecule has 2 aromatic rings. The molecule has 8 nitrogen and oxygen atoms in total. The molecule has 0 spiro atoms. The lowest BCUT2D eigenvalue weighted by Crippen LogP contribution is -2.52. The van der Waals surface area contributed by atoms with E-state index in [0.29, 0.717) is 5.69 Å². The van der Waals surface area contributed by atoms with Crippen molar-refractivity contribution in [3.8, 4) is 5.82 Å². The van der Waals surface area contributed by atoms with Gasteiger partial charge in [0.2, 0.25) is 0 Å². The van der Waals surface area contributed by atoms with Gasteiger partial charge in [-0.15, -0.1) is 0 Å². The molecule has 1 amide bonds. The number of hydrogen-bond acceptors (Lipinski definition) is 6. The van der Waals surface area contributed by atoms with Crippen LogP contribution in [-0.4, -0.2) is 80.5 Å². The summed E-state index contributed by atoms with van der Waals surface area (Å²) in [6.07, 6.45) is 14.2. The first-order valence-electron chi connectivity index (χ1n) is 12.3. The molecule has 172 valence electrons. The predicted octanol–water partition coefficient (Wildman–Crippen LogP) is 2.99. The number of imidazole rings is 1. The van der Waals surface area contributed by atoms with Crippen LogP contribution in [0, 0.1) is 5.92 Å². The largest absolute Gasteiger partial charge is 0.356 e. The lowest BCUT2D eigenvalue weighted by atomic mass is 9.94. The molecule has 5 rings (SSSR count). The van der Waals surface area contributed by atoms with E-state index in [1.54, 1.807) is 18.9 Å². The number of anilines is 1. The molecular formula is C24H35N7O. The van der Waals surface area contributed by atoms with Gasteiger partial charge in [0, 0.05) is 57.6 Å². The topological polar surface area (TPSA) is 70.4 Å². The summed E-state index contributed by atoms with van der Waals surface area (Å²) in [4.78, 5) is 33.2. The lowest BCUT2D eigenvalue weighted by Gasteiger charge is -2.40. The van der Waals surface area contributed by atoms with E-state index >= 15 is 0 Å². The quantitative estimate of drug-likeness (QED) is 0.732. The molecule has 32 heavy (non-hydrogen) atoms. The van der Waals surface area contributed by atoms with Crippen molar-refractivity contribution in [1.29, 1.82) is 0 Å². The SMILES string of the molecule is CC1CCN(c2cc(-n3cnc(C(=O)N4CCN(C5CCCCC5)CC4)c3)ncn2)CC1. The van der Waals surface area contributed by atoms with E-state index in [1.807, 2.05) is 15.5 Å². The highest BCUT2D eigenvalue weighted by atomic mass is 16.2. The van der Waals surface area contributed by atoms with Crippen LogP contribution < -0.4 is 4.90 Å². The van der Waals surface area contributed by atoms with Crippen LogP contribution in [0.15, 0.2) is 24.9 Å². The van der Waals surface area contributed by atoms with Crippen molar-refractivity contribution < 1.29 is 4.79 Å². The summed E-state index contributed by atoms with van der Waals surface area (Å²) in [6, 6.07) is 2.71. The summed E-state index contributed by atoms with van der Waals surface area (Å²) < 4.78 is 1.84. The number of nitrogens with zero attached hydrogens (tertiary/aromatic N) is 7. The number of rotatable bonds is 4. The van der Waals surface area contributed by atoms with Gasteiger partial charge in [-0.25, -0.2) is 15.0 Å². The highest BCUT2D eigenvalue weighted by Gasteiger charge is 2.28. The Morgan fingerprint density at radius 3 is 2.34 bits per heavy atom. The normalized spacial score (nSPS) is 21.8. The number of hydrogen-bond donors (Lipinski definition) is 0. The van der Waals surface area contributed by atoms with Crippen LogP contribution in [0.2, 0.25) is 0 Å². The van der Waals surface area contributed by atoms with E-state index < -0.39 is 0 Å². The fourth-order valence-corrected chi connectivity index (χ4v) is 5.35. The number of amides is 1. The van der Waals surface area contributed by atoms with Crippen molar-refractivity contribution in [3.05, 3.63) is 30.6 Å². The number of piperazine rings is 1. The Balaban J connectivity index is 1.21. The summed E-state index contributed by atoms with van der Waals surface area (Å²) in [6.45, 7) is 7.88. The van der Waals surface area contributed by atoms with Gasteiger partial charge in [0.15, 0.2) is 0 Å². The van der Waals surface area contributed by atoms with Crippen LogP contribution >= 0.6 is 0 Å². The molecule has 3 aliphatic rings. The van der Waals surface area contributed by atoms with Crippen LogP contribution in [0.25, 0.3) is 5.82 Å². The number of carbonyl (C=O) groups excluding carboxylic acids is 1. The average molecular weight is 438 g/mol. The maximum atomic E-state index is 13.1. The van der Waals surface area contributed by atoms with Gasteiger partial charge in [-0.3, -0.25) is 14.3 Å². The minimum absolute atomic E-state index is 0.0198. The fourth-order valence-electron chi connectivity index (χ4n) is 5.35. The first-order chi connectivity index (χ1) is 15.7. The van der Waals surface area contributed by atoms with Gasteiger partial charge in [0.25, 0.3) is 5.91 Å². The maximum Gasteiger partial charge on any atom is 0.274 e. The highest BCUT2D eigenvalue weighted by molar-refractivity contribution is 5.92. The van der Waals surface area contributed by atoms with E-state index in [1.165, 1.54) is 44.9 Å². The molecule has 0 atom stereocenters. The Morgan fingerprint density at radius 1 is 0.875 bits per heavy atom. The van der Waals surface area contributed by atoms with E-state index in [0.717, 1.165) is 62.9 Å². The highest BCUT2D eigenvalue weighted by Crippen LogP contribution is 2.24. The van der Waals surface area contributed by atoms with Crippen LogP contribution in [0.4, 0.5) is 5.82 Å². The molecule has 2 saturated heterocycles. The Bertz CT molecular complexity index is 907. The Morgan fingerprint density at radius 2 is 1.59 bits per heavy atom. The molecule has 2 aliphatic heterocycles. The molecule has 8 heteroatoms. The van der Waals surface area contributed by atoms with Crippen LogP contribution in [0.1, 0.15) is 62.4 Å². The summed E-state index contributed by atoms with van der Waals surface area (Å²) in [5.41, 5.74) is 0.489. The van der Waals surface area contributed by atoms with Crippen LogP contribution in [0.5, 0.6) is 0 Å². The Labute approximate surface area is 190 Å². The summed E-state index contributed by atoms with van der Waals surface area (Å²) in [5, 5.41) is 0. The second-order valence-electron chi connectivity index (χ2n) is 9.69.